The molecule has 0 aromatic heterocycles. The second kappa shape index (κ2) is 6.83. The molecule has 0 bridgehead atoms. The summed E-state index contributed by atoms with van der Waals surface area (Å²) >= 11 is 0. The number of benzene rings is 1. The first-order valence-corrected chi connectivity index (χ1v) is 8.80. The van der Waals surface area contributed by atoms with Crippen LogP contribution in [0, 0.1) is 5.41 Å². The molecule has 0 radical (unpaired) electrons. The van der Waals surface area contributed by atoms with Crippen molar-refractivity contribution in [1.82, 2.24) is 5.32 Å². The largest absolute Gasteiger partial charge is 0.371 e. The lowest BCUT2D eigenvalue weighted by Crippen LogP contribution is -2.33. The Morgan fingerprint density at radius 3 is 2.48 bits per heavy atom. The zero-order valence-electron chi connectivity index (χ0n) is 13.5. The molecule has 21 heavy (non-hydrogen) atoms. The van der Waals surface area contributed by atoms with Crippen LogP contribution in [0.4, 0.5) is 5.69 Å². The van der Waals surface area contributed by atoms with Gasteiger partial charge >= 0.3 is 0 Å². The van der Waals surface area contributed by atoms with E-state index in [1.807, 2.05) is 0 Å². The molecule has 0 spiro atoms. The third kappa shape index (κ3) is 3.79. The van der Waals surface area contributed by atoms with Gasteiger partial charge < -0.3 is 10.2 Å². The van der Waals surface area contributed by atoms with Gasteiger partial charge in [0.1, 0.15) is 0 Å². The van der Waals surface area contributed by atoms with Crippen molar-refractivity contribution in [3.63, 3.8) is 0 Å². The first kappa shape index (κ1) is 14.9. The SMILES string of the molecule is CC1(CNCc2ccccc2N2CCCC2)CCCCC1. The Balaban J connectivity index is 1.57. The maximum Gasteiger partial charge on any atom is 0.0411 e. The van der Waals surface area contributed by atoms with Gasteiger partial charge in [-0.1, -0.05) is 44.4 Å². The summed E-state index contributed by atoms with van der Waals surface area (Å²) < 4.78 is 0. The number of anilines is 1. The van der Waals surface area contributed by atoms with Gasteiger partial charge in [-0.15, -0.1) is 0 Å². The molecule has 1 heterocycles. The fourth-order valence-corrected chi connectivity index (χ4v) is 4.01. The molecule has 2 heteroatoms. The Morgan fingerprint density at radius 1 is 1.00 bits per heavy atom. The van der Waals surface area contributed by atoms with Crippen molar-refractivity contribution in [2.75, 3.05) is 24.5 Å². The van der Waals surface area contributed by atoms with E-state index in [9.17, 15) is 0 Å². The molecule has 1 aliphatic carbocycles. The normalized spacial score (nSPS) is 21.7. The predicted octanol–water partition coefficient (Wildman–Crippen LogP) is 4.35. The van der Waals surface area contributed by atoms with Gasteiger partial charge in [-0.05, 0) is 42.7 Å². The van der Waals surface area contributed by atoms with Crippen molar-refractivity contribution in [1.29, 1.82) is 0 Å². The molecule has 2 nitrogen and oxygen atoms in total. The summed E-state index contributed by atoms with van der Waals surface area (Å²) in [6.07, 6.45) is 9.76. The van der Waals surface area contributed by atoms with Gasteiger partial charge in [-0.2, -0.15) is 0 Å². The van der Waals surface area contributed by atoms with E-state index < -0.39 is 0 Å². The summed E-state index contributed by atoms with van der Waals surface area (Å²) in [5.41, 5.74) is 3.45. The molecule has 1 aromatic carbocycles. The van der Waals surface area contributed by atoms with Crippen LogP contribution in [-0.2, 0) is 6.54 Å². The van der Waals surface area contributed by atoms with Crippen LogP contribution in [0.1, 0.15) is 57.4 Å². The monoisotopic (exact) mass is 286 g/mol. The number of hydrogen-bond donors (Lipinski definition) is 1. The molecule has 2 aliphatic rings. The molecule has 3 rings (SSSR count). The summed E-state index contributed by atoms with van der Waals surface area (Å²) in [6.45, 7) is 7.11. The lowest BCUT2D eigenvalue weighted by Gasteiger charge is -2.34. The molecule has 1 saturated carbocycles. The van der Waals surface area contributed by atoms with E-state index in [0.717, 1.165) is 6.54 Å². The molecular formula is C19H30N2. The van der Waals surface area contributed by atoms with Crippen molar-refractivity contribution in [2.45, 2.75) is 58.4 Å². The Bertz CT molecular complexity index is 443. The molecule has 0 unspecified atom stereocenters. The fourth-order valence-electron chi connectivity index (χ4n) is 4.01. The molecule has 116 valence electrons. The van der Waals surface area contributed by atoms with Gasteiger partial charge in [0.2, 0.25) is 0 Å². The smallest absolute Gasteiger partial charge is 0.0411 e. The standard InChI is InChI=1S/C19H30N2/c1-19(11-5-2-6-12-19)16-20-15-17-9-3-4-10-18(17)21-13-7-8-14-21/h3-4,9-10,20H,2,5-8,11-16H2,1H3. The van der Waals surface area contributed by atoms with Crippen molar-refractivity contribution in [3.05, 3.63) is 29.8 Å². The van der Waals surface area contributed by atoms with Gasteiger partial charge in [-0.3, -0.25) is 0 Å². The van der Waals surface area contributed by atoms with Crippen LogP contribution in [0.5, 0.6) is 0 Å². The van der Waals surface area contributed by atoms with Gasteiger partial charge in [0, 0.05) is 31.9 Å². The lowest BCUT2D eigenvalue weighted by atomic mass is 9.76. The van der Waals surface area contributed by atoms with Crippen LogP contribution in [0.15, 0.2) is 24.3 Å². The Hall–Kier alpha value is -1.02. The molecule has 2 fully saturated rings. The van der Waals surface area contributed by atoms with E-state index in [1.54, 1.807) is 0 Å². The summed E-state index contributed by atoms with van der Waals surface area (Å²) in [5, 5.41) is 3.75. The third-order valence-corrected chi connectivity index (χ3v) is 5.37. The van der Waals surface area contributed by atoms with E-state index >= 15 is 0 Å². The van der Waals surface area contributed by atoms with Crippen molar-refractivity contribution in [3.8, 4) is 0 Å². The van der Waals surface area contributed by atoms with Crippen molar-refractivity contribution >= 4 is 5.69 Å². The Kier molecular flexibility index (Phi) is 4.84. The molecule has 0 amide bonds. The first-order valence-electron chi connectivity index (χ1n) is 8.80. The highest BCUT2D eigenvalue weighted by Crippen LogP contribution is 2.35. The van der Waals surface area contributed by atoms with Crippen molar-refractivity contribution in [2.24, 2.45) is 5.41 Å². The van der Waals surface area contributed by atoms with Gasteiger partial charge in [-0.25, -0.2) is 0 Å². The summed E-state index contributed by atoms with van der Waals surface area (Å²) in [5.74, 6) is 0. The molecule has 1 aromatic rings. The minimum atomic E-state index is 0.529. The van der Waals surface area contributed by atoms with E-state index in [-0.39, 0.29) is 0 Å². The van der Waals surface area contributed by atoms with Crippen LogP contribution in [0.3, 0.4) is 0 Å². The second-order valence-corrected chi connectivity index (χ2v) is 7.30. The second-order valence-electron chi connectivity index (χ2n) is 7.30. The molecule has 1 N–H and O–H groups in total. The fraction of sp³-hybridized carbons (Fsp3) is 0.684. The number of nitrogens with zero attached hydrogens (tertiary/aromatic N) is 1. The average molecular weight is 286 g/mol. The minimum absolute atomic E-state index is 0.529. The predicted molar refractivity (Wildman–Crippen MR) is 90.8 cm³/mol. The van der Waals surface area contributed by atoms with E-state index in [2.05, 4.69) is 41.4 Å². The first-order chi connectivity index (χ1) is 10.3. The number of nitrogens with one attached hydrogen (secondary N) is 1. The zero-order valence-corrected chi connectivity index (χ0v) is 13.5. The quantitative estimate of drug-likeness (QED) is 0.866. The Labute approximate surface area is 129 Å². The van der Waals surface area contributed by atoms with E-state index in [4.69, 9.17) is 0 Å². The van der Waals surface area contributed by atoms with Crippen LogP contribution in [0.25, 0.3) is 0 Å². The van der Waals surface area contributed by atoms with Crippen molar-refractivity contribution < 1.29 is 0 Å². The van der Waals surface area contributed by atoms with Gasteiger partial charge in [0.05, 0.1) is 0 Å². The highest BCUT2D eigenvalue weighted by Gasteiger charge is 2.26. The molecule has 0 atom stereocenters. The van der Waals surface area contributed by atoms with Crippen LogP contribution < -0.4 is 10.2 Å². The number of rotatable bonds is 5. The van der Waals surface area contributed by atoms with E-state index in [0.29, 0.717) is 5.41 Å². The molecule has 1 aliphatic heterocycles. The highest BCUT2D eigenvalue weighted by molar-refractivity contribution is 5.54. The van der Waals surface area contributed by atoms with Crippen LogP contribution >= 0.6 is 0 Å². The van der Waals surface area contributed by atoms with Crippen LogP contribution in [-0.4, -0.2) is 19.6 Å². The third-order valence-electron chi connectivity index (χ3n) is 5.37. The minimum Gasteiger partial charge on any atom is -0.371 e. The maximum atomic E-state index is 3.75. The Morgan fingerprint density at radius 2 is 1.71 bits per heavy atom. The molecular weight excluding hydrogens is 256 g/mol. The van der Waals surface area contributed by atoms with E-state index in [1.165, 1.54) is 75.8 Å². The average Bonchev–Trinajstić information content (AvgIpc) is 3.02. The maximum absolute atomic E-state index is 3.75. The summed E-state index contributed by atoms with van der Waals surface area (Å²) in [4.78, 5) is 2.55. The summed E-state index contributed by atoms with van der Waals surface area (Å²) in [6, 6.07) is 8.95. The number of para-hydroxylation sites is 1. The highest BCUT2D eigenvalue weighted by atomic mass is 15.1. The van der Waals surface area contributed by atoms with Gasteiger partial charge in [0.25, 0.3) is 0 Å². The number of hydrogen-bond acceptors (Lipinski definition) is 2. The van der Waals surface area contributed by atoms with Crippen LogP contribution in [0.2, 0.25) is 0 Å². The van der Waals surface area contributed by atoms with Gasteiger partial charge in [0.15, 0.2) is 0 Å². The lowest BCUT2D eigenvalue weighted by molar-refractivity contribution is 0.207. The zero-order chi connectivity index (χ0) is 14.5. The topological polar surface area (TPSA) is 15.3 Å². The molecule has 1 saturated heterocycles. The summed E-state index contributed by atoms with van der Waals surface area (Å²) in [7, 11) is 0.